The first-order valence-electron chi connectivity index (χ1n) is 7.94. The van der Waals surface area contributed by atoms with E-state index in [0.717, 1.165) is 12.8 Å². The summed E-state index contributed by atoms with van der Waals surface area (Å²) < 4.78 is 37.5. The fourth-order valence-corrected chi connectivity index (χ4v) is 4.52. The van der Waals surface area contributed by atoms with Gasteiger partial charge in [-0.15, -0.1) is 0 Å². The van der Waals surface area contributed by atoms with E-state index in [9.17, 15) is 8.42 Å². The minimum Gasteiger partial charge on any atom is -0.380 e. The minimum absolute atomic E-state index is 0.0171. The molecule has 0 N–H and O–H groups in total. The van der Waals surface area contributed by atoms with E-state index in [4.69, 9.17) is 8.92 Å². The van der Waals surface area contributed by atoms with E-state index in [1.54, 1.807) is 24.3 Å². The number of para-hydroxylation sites is 2. The van der Waals surface area contributed by atoms with Gasteiger partial charge in [0.2, 0.25) is 0 Å². The third kappa shape index (κ3) is 4.12. The molecule has 3 atom stereocenters. The Morgan fingerprint density at radius 2 is 1.96 bits per heavy atom. The van der Waals surface area contributed by atoms with Crippen molar-refractivity contribution in [1.29, 1.82) is 0 Å². The zero-order valence-corrected chi connectivity index (χ0v) is 14.5. The van der Waals surface area contributed by atoms with Gasteiger partial charge >= 0.3 is 10.1 Å². The van der Waals surface area contributed by atoms with Crippen LogP contribution in [0.25, 0.3) is 5.69 Å². The van der Waals surface area contributed by atoms with Gasteiger partial charge in [0, 0.05) is 0 Å². The van der Waals surface area contributed by atoms with Crippen molar-refractivity contribution in [2.45, 2.75) is 38.9 Å². The summed E-state index contributed by atoms with van der Waals surface area (Å²) in [6.45, 7) is 3.94. The van der Waals surface area contributed by atoms with Crippen molar-refractivity contribution in [2.24, 2.45) is 5.92 Å². The molecule has 0 amide bonds. The Labute approximate surface area is 141 Å². The Morgan fingerprint density at radius 1 is 1.25 bits per heavy atom. The van der Waals surface area contributed by atoms with Gasteiger partial charge in [-0.05, 0) is 44.7 Å². The number of hydrogen-bond donors (Lipinski definition) is 0. The van der Waals surface area contributed by atoms with Crippen LogP contribution >= 0.6 is 0 Å². The molecule has 3 rings (SSSR count). The van der Waals surface area contributed by atoms with Crippen molar-refractivity contribution in [1.82, 2.24) is 14.8 Å². The number of aromatic nitrogens is 3. The van der Waals surface area contributed by atoms with Crippen LogP contribution < -0.4 is 4.18 Å². The van der Waals surface area contributed by atoms with Crippen molar-refractivity contribution < 1.29 is 17.3 Å². The van der Waals surface area contributed by atoms with Gasteiger partial charge in [0.05, 0.1) is 18.0 Å². The SMILES string of the molecule is C[C@@H]1CC(CS(=O)(=O)Oc2ccccc2-n2cncn2)C[C@H](C)O1. The van der Waals surface area contributed by atoms with Gasteiger partial charge in [0.15, 0.2) is 5.75 Å². The highest BCUT2D eigenvalue weighted by atomic mass is 32.2. The number of ether oxygens (including phenoxy) is 1. The fourth-order valence-electron chi connectivity index (χ4n) is 3.19. The van der Waals surface area contributed by atoms with Gasteiger partial charge in [-0.2, -0.15) is 13.5 Å². The summed E-state index contributed by atoms with van der Waals surface area (Å²) in [5.74, 6) is 0.264. The molecule has 1 aromatic heterocycles. The molecule has 130 valence electrons. The van der Waals surface area contributed by atoms with E-state index in [1.807, 2.05) is 13.8 Å². The second-order valence-corrected chi connectivity index (χ2v) is 7.83. The van der Waals surface area contributed by atoms with Gasteiger partial charge in [0.25, 0.3) is 0 Å². The number of hydrogen-bond acceptors (Lipinski definition) is 6. The average molecular weight is 351 g/mol. The molecule has 1 unspecified atom stereocenters. The molecule has 0 radical (unpaired) electrons. The molecule has 1 saturated heterocycles. The van der Waals surface area contributed by atoms with Crippen molar-refractivity contribution >= 4 is 10.1 Å². The van der Waals surface area contributed by atoms with E-state index in [-0.39, 0.29) is 29.6 Å². The Morgan fingerprint density at radius 3 is 2.62 bits per heavy atom. The lowest BCUT2D eigenvalue weighted by Gasteiger charge is -2.31. The topological polar surface area (TPSA) is 83.3 Å². The van der Waals surface area contributed by atoms with Crippen LogP contribution in [0.4, 0.5) is 0 Å². The summed E-state index contributed by atoms with van der Waals surface area (Å²) >= 11 is 0. The van der Waals surface area contributed by atoms with Gasteiger partial charge in [0.1, 0.15) is 18.3 Å². The largest absolute Gasteiger partial charge is 0.380 e. The van der Waals surface area contributed by atoms with E-state index < -0.39 is 10.1 Å². The predicted molar refractivity (Wildman–Crippen MR) is 88.5 cm³/mol. The van der Waals surface area contributed by atoms with Crippen LogP contribution in [0.5, 0.6) is 5.75 Å². The van der Waals surface area contributed by atoms with Crippen molar-refractivity contribution in [3.05, 3.63) is 36.9 Å². The smallest absolute Gasteiger partial charge is 0.309 e. The highest BCUT2D eigenvalue weighted by molar-refractivity contribution is 7.87. The number of rotatable bonds is 5. The second kappa shape index (κ2) is 6.90. The lowest BCUT2D eigenvalue weighted by Crippen LogP contribution is -2.33. The molecule has 0 saturated carbocycles. The Kier molecular flexibility index (Phi) is 4.86. The highest BCUT2D eigenvalue weighted by Crippen LogP contribution is 2.28. The zero-order valence-electron chi connectivity index (χ0n) is 13.7. The normalized spacial score (nSPS) is 24.7. The molecular formula is C16H21N3O4S. The minimum atomic E-state index is -3.71. The monoisotopic (exact) mass is 351 g/mol. The Bertz CT molecular complexity index is 766. The maximum absolute atomic E-state index is 12.5. The molecule has 2 aromatic rings. The van der Waals surface area contributed by atoms with E-state index in [1.165, 1.54) is 17.3 Å². The molecule has 1 aromatic carbocycles. The molecule has 1 fully saturated rings. The second-order valence-electron chi connectivity index (χ2n) is 6.21. The first-order chi connectivity index (χ1) is 11.4. The molecule has 1 aliphatic heterocycles. The summed E-state index contributed by atoms with van der Waals surface area (Å²) in [6, 6.07) is 6.87. The Hall–Kier alpha value is -1.93. The molecule has 0 spiro atoms. The van der Waals surface area contributed by atoms with Crippen molar-refractivity contribution in [2.75, 3.05) is 5.75 Å². The standard InChI is InChI=1S/C16H21N3O4S/c1-12-7-14(8-13(2)22-12)9-24(20,21)23-16-6-4-3-5-15(16)19-11-17-10-18-19/h3-6,10-14H,7-9H2,1-2H3/t12-,13+,14?. The third-order valence-corrected chi connectivity index (χ3v) is 5.30. The fraction of sp³-hybridized carbons (Fsp3) is 0.500. The molecular weight excluding hydrogens is 330 g/mol. The van der Waals surface area contributed by atoms with Crippen LogP contribution in [-0.2, 0) is 14.9 Å². The van der Waals surface area contributed by atoms with Crippen molar-refractivity contribution in [3.8, 4) is 11.4 Å². The van der Waals surface area contributed by atoms with Crippen LogP contribution in [-0.4, -0.2) is 41.1 Å². The maximum atomic E-state index is 12.5. The molecule has 2 heterocycles. The lowest BCUT2D eigenvalue weighted by molar-refractivity contribution is -0.0480. The lowest BCUT2D eigenvalue weighted by atomic mass is 9.94. The number of benzene rings is 1. The summed E-state index contributed by atoms with van der Waals surface area (Å²) in [4.78, 5) is 3.88. The summed E-state index contributed by atoms with van der Waals surface area (Å²) in [5, 5.41) is 4.03. The van der Waals surface area contributed by atoms with Crippen LogP contribution in [0.3, 0.4) is 0 Å². The van der Waals surface area contributed by atoms with E-state index >= 15 is 0 Å². The summed E-state index contributed by atoms with van der Waals surface area (Å²) in [5.41, 5.74) is 0.535. The summed E-state index contributed by atoms with van der Waals surface area (Å²) in [6.07, 6.45) is 4.45. The maximum Gasteiger partial charge on any atom is 0.309 e. The molecule has 24 heavy (non-hydrogen) atoms. The quantitative estimate of drug-likeness (QED) is 0.768. The van der Waals surface area contributed by atoms with Gasteiger partial charge in [-0.3, -0.25) is 0 Å². The van der Waals surface area contributed by atoms with E-state index in [0.29, 0.717) is 5.69 Å². The van der Waals surface area contributed by atoms with Crippen LogP contribution in [0.15, 0.2) is 36.9 Å². The van der Waals surface area contributed by atoms with E-state index in [2.05, 4.69) is 10.1 Å². The summed E-state index contributed by atoms with van der Waals surface area (Å²) in [7, 11) is -3.71. The molecule has 0 bridgehead atoms. The van der Waals surface area contributed by atoms with Gasteiger partial charge in [-0.25, -0.2) is 9.67 Å². The van der Waals surface area contributed by atoms with Crippen LogP contribution in [0, 0.1) is 5.92 Å². The van der Waals surface area contributed by atoms with Crippen LogP contribution in [0.2, 0.25) is 0 Å². The first kappa shape index (κ1) is 16.9. The molecule has 8 heteroatoms. The number of nitrogens with zero attached hydrogens (tertiary/aromatic N) is 3. The first-order valence-corrected chi connectivity index (χ1v) is 9.52. The molecule has 1 aliphatic rings. The Balaban J connectivity index is 1.76. The molecule has 0 aliphatic carbocycles. The van der Waals surface area contributed by atoms with Crippen LogP contribution in [0.1, 0.15) is 26.7 Å². The molecule has 7 nitrogen and oxygen atoms in total. The zero-order chi connectivity index (χ0) is 17.2. The predicted octanol–water partition coefficient (Wildman–Crippen LogP) is 2.18. The highest BCUT2D eigenvalue weighted by Gasteiger charge is 2.29. The van der Waals surface area contributed by atoms with Gasteiger partial charge in [-0.1, -0.05) is 12.1 Å². The third-order valence-electron chi connectivity index (χ3n) is 3.98. The average Bonchev–Trinajstić information content (AvgIpc) is 2.99. The van der Waals surface area contributed by atoms with Crippen molar-refractivity contribution in [3.63, 3.8) is 0 Å². The van der Waals surface area contributed by atoms with Gasteiger partial charge < -0.3 is 8.92 Å².